The molecule has 2 atom stereocenters. The molecule has 100 valence electrons. The molecule has 0 amide bonds. The van der Waals surface area contributed by atoms with Crippen molar-refractivity contribution < 1.29 is 14.3 Å². The van der Waals surface area contributed by atoms with Crippen LogP contribution in [0.4, 0.5) is 0 Å². The highest BCUT2D eigenvalue weighted by molar-refractivity contribution is 5.17. The number of hydrogen-bond donors (Lipinski definition) is 2. The molecule has 1 aromatic heterocycles. The second-order valence-electron chi connectivity index (χ2n) is 5.88. The monoisotopic (exact) mass is 251 g/mol. The van der Waals surface area contributed by atoms with Crippen LogP contribution in [-0.4, -0.2) is 31.5 Å². The van der Waals surface area contributed by atoms with Gasteiger partial charge < -0.3 is 19.6 Å². The Kier molecular flexibility index (Phi) is 3.18. The summed E-state index contributed by atoms with van der Waals surface area (Å²) in [6, 6.07) is 4.15. The van der Waals surface area contributed by atoms with E-state index in [9.17, 15) is 5.11 Å². The van der Waals surface area contributed by atoms with Crippen LogP contribution in [-0.2, 0) is 11.3 Å². The molecule has 0 spiro atoms. The zero-order valence-electron chi connectivity index (χ0n) is 10.8. The van der Waals surface area contributed by atoms with Gasteiger partial charge in [-0.1, -0.05) is 6.92 Å². The zero-order chi connectivity index (χ0) is 12.6. The molecule has 2 N–H and O–H groups in total. The van der Waals surface area contributed by atoms with Gasteiger partial charge in [0.05, 0.1) is 31.8 Å². The SMILES string of the molecule is C[C@@H]1C[C@H]1c1ccc(CNCC2(CO)COC2)o1. The molecule has 1 aromatic rings. The van der Waals surface area contributed by atoms with Gasteiger partial charge in [-0.05, 0) is 24.5 Å². The van der Waals surface area contributed by atoms with Crippen molar-refractivity contribution in [3.05, 3.63) is 23.7 Å². The lowest BCUT2D eigenvalue weighted by Crippen LogP contribution is -2.52. The second-order valence-corrected chi connectivity index (χ2v) is 5.88. The number of ether oxygens (including phenoxy) is 1. The number of aliphatic hydroxyl groups is 1. The molecule has 0 aromatic carbocycles. The van der Waals surface area contributed by atoms with Gasteiger partial charge >= 0.3 is 0 Å². The van der Waals surface area contributed by atoms with Crippen LogP contribution in [0.2, 0.25) is 0 Å². The van der Waals surface area contributed by atoms with Crippen molar-refractivity contribution in [2.24, 2.45) is 11.3 Å². The lowest BCUT2D eigenvalue weighted by atomic mass is 9.87. The molecule has 1 saturated heterocycles. The smallest absolute Gasteiger partial charge is 0.117 e. The fourth-order valence-corrected chi connectivity index (χ4v) is 2.50. The lowest BCUT2D eigenvalue weighted by molar-refractivity contribution is -0.134. The highest BCUT2D eigenvalue weighted by Gasteiger charge is 2.38. The van der Waals surface area contributed by atoms with Gasteiger partial charge in [0.25, 0.3) is 0 Å². The van der Waals surface area contributed by atoms with Gasteiger partial charge in [-0.25, -0.2) is 0 Å². The van der Waals surface area contributed by atoms with Gasteiger partial charge in [-0.2, -0.15) is 0 Å². The van der Waals surface area contributed by atoms with Gasteiger partial charge in [0.2, 0.25) is 0 Å². The molecule has 2 aliphatic rings. The van der Waals surface area contributed by atoms with Gasteiger partial charge in [0, 0.05) is 12.5 Å². The van der Waals surface area contributed by atoms with Crippen molar-refractivity contribution in [1.82, 2.24) is 5.32 Å². The van der Waals surface area contributed by atoms with Crippen LogP contribution in [0.3, 0.4) is 0 Å². The standard InChI is InChI=1S/C14H21NO3/c1-10-4-12(10)13-3-2-11(18-13)5-15-6-14(7-16)8-17-9-14/h2-3,10,12,15-16H,4-9H2,1H3/t10-,12-/m1/s1. The summed E-state index contributed by atoms with van der Waals surface area (Å²) in [5.74, 6) is 3.53. The van der Waals surface area contributed by atoms with E-state index in [1.807, 2.05) is 0 Å². The molecule has 2 fully saturated rings. The van der Waals surface area contributed by atoms with Crippen molar-refractivity contribution in [3.8, 4) is 0 Å². The first-order valence-electron chi connectivity index (χ1n) is 6.70. The molecule has 0 bridgehead atoms. The summed E-state index contributed by atoms with van der Waals surface area (Å²) in [7, 11) is 0. The summed E-state index contributed by atoms with van der Waals surface area (Å²) in [5, 5.41) is 12.7. The Morgan fingerprint density at radius 1 is 1.44 bits per heavy atom. The van der Waals surface area contributed by atoms with E-state index in [1.165, 1.54) is 6.42 Å². The fourth-order valence-electron chi connectivity index (χ4n) is 2.50. The minimum absolute atomic E-state index is 0.0690. The lowest BCUT2D eigenvalue weighted by Gasteiger charge is -2.39. The van der Waals surface area contributed by atoms with Crippen molar-refractivity contribution in [3.63, 3.8) is 0 Å². The third-order valence-electron chi connectivity index (χ3n) is 4.11. The Balaban J connectivity index is 1.47. The normalized spacial score (nSPS) is 29.0. The molecule has 1 aliphatic carbocycles. The first-order valence-corrected chi connectivity index (χ1v) is 6.70. The summed E-state index contributed by atoms with van der Waals surface area (Å²) in [5.41, 5.74) is -0.0690. The number of aliphatic hydroxyl groups excluding tert-OH is 1. The van der Waals surface area contributed by atoms with Crippen molar-refractivity contribution >= 4 is 0 Å². The van der Waals surface area contributed by atoms with E-state index in [0.717, 1.165) is 30.5 Å². The van der Waals surface area contributed by atoms with Crippen molar-refractivity contribution in [2.45, 2.75) is 25.8 Å². The van der Waals surface area contributed by atoms with E-state index >= 15 is 0 Å². The molecule has 3 rings (SSSR count). The summed E-state index contributed by atoms with van der Waals surface area (Å²) >= 11 is 0. The van der Waals surface area contributed by atoms with Crippen LogP contribution in [0.1, 0.15) is 30.8 Å². The minimum Gasteiger partial charge on any atom is -0.464 e. The molecule has 0 unspecified atom stereocenters. The van der Waals surface area contributed by atoms with Crippen LogP contribution >= 0.6 is 0 Å². The van der Waals surface area contributed by atoms with Crippen LogP contribution in [0.25, 0.3) is 0 Å². The van der Waals surface area contributed by atoms with E-state index < -0.39 is 0 Å². The first-order chi connectivity index (χ1) is 8.72. The topological polar surface area (TPSA) is 54.6 Å². The highest BCUT2D eigenvalue weighted by atomic mass is 16.5. The van der Waals surface area contributed by atoms with Crippen LogP contribution in [0.5, 0.6) is 0 Å². The minimum atomic E-state index is -0.0690. The molecule has 4 heteroatoms. The highest BCUT2D eigenvalue weighted by Crippen LogP contribution is 2.47. The fraction of sp³-hybridized carbons (Fsp3) is 0.714. The molecule has 1 aliphatic heterocycles. The van der Waals surface area contributed by atoms with Crippen LogP contribution < -0.4 is 5.32 Å². The summed E-state index contributed by atoms with van der Waals surface area (Å²) in [6.45, 7) is 5.25. The Bertz CT molecular complexity index is 405. The molecule has 18 heavy (non-hydrogen) atoms. The van der Waals surface area contributed by atoms with Crippen molar-refractivity contribution in [1.29, 1.82) is 0 Å². The molecule has 0 radical (unpaired) electrons. The molecular weight excluding hydrogens is 230 g/mol. The Morgan fingerprint density at radius 2 is 2.22 bits per heavy atom. The van der Waals surface area contributed by atoms with E-state index in [0.29, 0.717) is 19.1 Å². The van der Waals surface area contributed by atoms with Crippen molar-refractivity contribution in [2.75, 3.05) is 26.4 Å². The summed E-state index contributed by atoms with van der Waals surface area (Å²) in [6.07, 6.45) is 1.26. The number of hydrogen-bond acceptors (Lipinski definition) is 4. The second kappa shape index (κ2) is 4.68. The molecule has 1 saturated carbocycles. The predicted molar refractivity (Wildman–Crippen MR) is 67.3 cm³/mol. The van der Waals surface area contributed by atoms with E-state index in [-0.39, 0.29) is 12.0 Å². The molecule has 2 heterocycles. The maximum absolute atomic E-state index is 9.30. The van der Waals surface area contributed by atoms with Crippen LogP contribution in [0.15, 0.2) is 16.5 Å². The maximum Gasteiger partial charge on any atom is 0.117 e. The average Bonchev–Trinajstić information content (AvgIpc) is 2.88. The van der Waals surface area contributed by atoms with E-state index in [1.54, 1.807) is 0 Å². The Hall–Kier alpha value is -0.840. The summed E-state index contributed by atoms with van der Waals surface area (Å²) in [4.78, 5) is 0. The summed E-state index contributed by atoms with van der Waals surface area (Å²) < 4.78 is 11.0. The zero-order valence-corrected chi connectivity index (χ0v) is 10.8. The maximum atomic E-state index is 9.30. The molecular formula is C14H21NO3. The van der Waals surface area contributed by atoms with E-state index in [4.69, 9.17) is 9.15 Å². The Morgan fingerprint density at radius 3 is 2.78 bits per heavy atom. The number of furan rings is 1. The number of rotatable bonds is 6. The Labute approximate surface area is 107 Å². The quantitative estimate of drug-likeness (QED) is 0.804. The van der Waals surface area contributed by atoms with Gasteiger partial charge in [0.15, 0.2) is 0 Å². The predicted octanol–water partition coefficient (Wildman–Crippen LogP) is 1.50. The van der Waals surface area contributed by atoms with Gasteiger partial charge in [-0.3, -0.25) is 0 Å². The average molecular weight is 251 g/mol. The van der Waals surface area contributed by atoms with E-state index in [2.05, 4.69) is 24.4 Å². The van der Waals surface area contributed by atoms with Gasteiger partial charge in [-0.15, -0.1) is 0 Å². The molecule has 4 nitrogen and oxygen atoms in total. The third-order valence-corrected chi connectivity index (χ3v) is 4.11. The first kappa shape index (κ1) is 12.2. The van der Waals surface area contributed by atoms with Crippen LogP contribution in [0, 0.1) is 11.3 Å². The van der Waals surface area contributed by atoms with Gasteiger partial charge in [0.1, 0.15) is 11.5 Å². The number of nitrogens with one attached hydrogen (secondary N) is 1. The third kappa shape index (κ3) is 2.32. The largest absolute Gasteiger partial charge is 0.464 e.